The Balaban J connectivity index is 1.59. The van der Waals surface area contributed by atoms with Gasteiger partial charge in [-0.1, -0.05) is 18.2 Å². The zero-order chi connectivity index (χ0) is 19.9. The maximum absolute atomic E-state index is 12.3. The molecule has 0 saturated heterocycles. The molecule has 142 valence electrons. The molecule has 28 heavy (non-hydrogen) atoms. The maximum Gasteiger partial charge on any atom is 0.255 e. The van der Waals surface area contributed by atoms with Gasteiger partial charge in [0.2, 0.25) is 0 Å². The fourth-order valence-corrected chi connectivity index (χ4v) is 2.54. The van der Waals surface area contributed by atoms with E-state index in [9.17, 15) is 9.59 Å². The number of carbonyl (C=O) groups excluding carboxylic acids is 2. The van der Waals surface area contributed by atoms with E-state index in [1.807, 2.05) is 0 Å². The molecular weight excluding hydrogens is 356 g/mol. The van der Waals surface area contributed by atoms with Crippen LogP contribution in [-0.2, 0) is 6.54 Å². The number of pyridine rings is 1. The number of benzene rings is 2. The number of carbonyl (C=O) groups is 2. The molecular formula is C21H20N4O3. The number of hydrogen-bond donors (Lipinski definition) is 3. The van der Waals surface area contributed by atoms with Crippen molar-refractivity contribution < 1.29 is 14.3 Å². The largest absolute Gasteiger partial charge is 0.497 e. The highest BCUT2D eigenvalue weighted by molar-refractivity contribution is 6.05. The molecule has 2 amide bonds. The summed E-state index contributed by atoms with van der Waals surface area (Å²) in [6, 6.07) is 15.5. The van der Waals surface area contributed by atoms with Crippen LogP contribution in [0.15, 0.2) is 67.0 Å². The lowest BCUT2D eigenvalue weighted by atomic mass is 10.1. The second-order valence-corrected chi connectivity index (χ2v) is 6.03. The molecule has 0 aliphatic heterocycles. The van der Waals surface area contributed by atoms with Crippen LogP contribution in [0.4, 0.5) is 11.4 Å². The number of nitrogens with zero attached hydrogens (tertiary/aromatic N) is 1. The topological polar surface area (TPSA) is 106 Å². The smallest absolute Gasteiger partial charge is 0.255 e. The van der Waals surface area contributed by atoms with Crippen LogP contribution in [0.1, 0.15) is 26.3 Å². The van der Waals surface area contributed by atoms with Crippen LogP contribution in [-0.4, -0.2) is 23.9 Å². The molecule has 0 unspecified atom stereocenters. The van der Waals surface area contributed by atoms with Crippen molar-refractivity contribution in [3.8, 4) is 5.75 Å². The van der Waals surface area contributed by atoms with Gasteiger partial charge in [-0.25, -0.2) is 0 Å². The van der Waals surface area contributed by atoms with Crippen LogP contribution < -0.4 is 21.1 Å². The van der Waals surface area contributed by atoms with Gasteiger partial charge in [-0.05, 0) is 42.0 Å². The van der Waals surface area contributed by atoms with E-state index < -0.39 is 0 Å². The van der Waals surface area contributed by atoms with E-state index in [0.29, 0.717) is 34.8 Å². The van der Waals surface area contributed by atoms with Crippen LogP contribution in [0.3, 0.4) is 0 Å². The Kier molecular flexibility index (Phi) is 5.86. The number of hydrogen-bond acceptors (Lipinski definition) is 5. The lowest BCUT2D eigenvalue weighted by Gasteiger charge is -2.09. The van der Waals surface area contributed by atoms with Gasteiger partial charge in [-0.2, -0.15) is 0 Å². The number of ether oxygens (including phenoxy) is 1. The minimum Gasteiger partial charge on any atom is -0.497 e. The van der Waals surface area contributed by atoms with E-state index in [-0.39, 0.29) is 11.8 Å². The SMILES string of the molecule is COc1cccc(C(=O)NCc2ccc(C(=O)Nc3ccncc3N)cc2)c1. The van der Waals surface area contributed by atoms with Gasteiger partial charge in [0, 0.05) is 23.9 Å². The van der Waals surface area contributed by atoms with Crippen molar-refractivity contribution in [3.05, 3.63) is 83.7 Å². The van der Waals surface area contributed by atoms with Gasteiger partial charge in [-0.3, -0.25) is 14.6 Å². The van der Waals surface area contributed by atoms with Crippen molar-refractivity contribution in [2.45, 2.75) is 6.54 Å². The highest BCUT2D eigenvalue weighted by Gasteiger charge is 2.09. The minimum absolute atomic E-state index is 0.200. The molecule has 2 aromatic carbocycles. The van der Waals surface area contributed by atoms with Crippen LogP contribution in [0.5, 0.6) is 5.75 Å². The Labute approximate surface area is 162 Å². The Bertz CT molecular complexity index is 987. The first-order chi connectivity index (χ1) is 13.6. The molecule has 3 rings (SSSR count). The predicted molar refractivity (Wildman–Crippen MR) is 107 cm³/mol. The third kappa shape index (κ3) is 4.64. The molecule has 0 aliphatic rings. The molecule has 1 heterocycles. The summed E-state index contributed by atoms with van der Waals surface area (Å²) in [5.74, 6) is 0.150. The van der Waals surface area contributed by atoms with Crippen LogP contribution in [0.25, 0.3) is 0 Å². The molecule has 3 aromatic rings. The fraction of sp³-hybridized carbons (Fsp3) is 0.0952. The van der Waals surface area contributed by atoms with Crippen molar-refractivity contribution in [1.29, 1.82) is 0 Å². The predicted octanol–water partition coefficient (Wildman–Crippen LogP) is 2.85. The Morgan fingerprint density at radius 3 is 2.54 bits per heavy atom. The normalized spacial score (nSPS) is 10.2. The molecule has 0 aliphatic carbocycles. The Morgan fingerprint density at radius 2 is 1.82 bits per heavy atom. The van der Waals surface area contributed by atoms with Gasteiger partial charge in [0.25, 0.3) is 11.8 Å². The van der Waals surface area contributed by atoms with Gasteiger partial charge in [0.15, 0.2) is 0 Å². The van der Waals surface area contributed by atoms with Gasteiger partial charge in [0.1, 0.15) is 5.75 Å². The number of nitrogens with two attached hydrogens (primary N) is 1. The lowest BCUT2D eigenvalue weighted by Crippen LogP contribution is -2.22. The molecule has 0 saturated carbocycles. The maximum atomic E-state index is 12.3. The number of anilines is 2. The van der Waals surface area contributed by atoms with Gasteiger partial charge in [-0.15, -0.1) is 0 Å². The zero-order valence-electron chi connectivity index (χ0n) is 15.3. The second kappa shape index (κ2) is 8.68. The Hall–Kier alpha value is -3.87. The summed E-state index contributed by atoms with van der Waals surface area (Å²) in [7, 11) is 1.55. The third-order valence-corrected chi connectivity index (χ3v) is 4.10. The zero-order valence-corrected chi connectivity index (χ0v) is 15.3. The monoisotopic (exact) mass is 376 g/mol. The second-order valence-electron chi connectivity index (χ2n) is 6.03. The molecule has 0 atom stereocenters. The summed E-state index contributed by atoms with van der Waals surface area (Å²) in [4.78, 5) is 28.5. The summed E-state index contributed by atoms with van der Waals surface area (Å²) >= 11 is 0. The van der Waals surface area contributed by atoms with Gasteiger partial charge < -0.3 is 21.1 Å². The van der Waals surface area contributed by atoms with Crippen molar-refractivity contribution >= 4 is 23.2 Å². The van der Waals surface area contributed by atoms with Crippen LogP contribution in [0, 0.1) is 0 Å². The van der Waals surface area contributed by atoms with E-state index in [1.54, 1.807) is 67.9 Å². The highest BCUT2D eigenvalue weighted by atomic mass is 16.5. The van der Waals surface area contributed by atoms with E-state index in [0.717, 1.165) is 5.56 Å². The van der Waals surface area contributed by atoms with Crippen LogP contribution >= 0.6 is 0 Å². The average Bonchev–Trinajstić information content (AvgIpc) is 2.74. The van der Waals surface area contributed by atoms with Crippen LogP contribution in [0.2, 0.25) is 0 Å². The molecule has 0 bridgehead atoms. The van der Waals surface area contributed by atoms with Crippen molar-refractivity contribution in [2.24, 2.45) is 0 Å². The van der Waals surface area contributed by atoms with Crippen molar-refractivity contribution in [3.63, 3.8) is 0 Å². The van der Waals surface area contributed by atoms with Gasteiger partial charge in [0.05, 0.1) is 24.7 Å². The first-order valence-electron chi connectivity index (χ1n) is 8.59. The minimum atomic E-state index is -0.273. The molecule has 0 spiro atoms. The number of methoxy groups -OCH3 is 1. The van der Waals surface area contributed by atoms with E-state index in [1.165, 1.54) is 6.20 Å². The molecule has 0 fully saturated rings. The van der Waals surface area contributed by atoms with Crippen molar-refractivity contribution in [2.75, 3.05) is 18.2 Å². The summed E-state index contributed by atoms with van der Waals surface area (Å²) in [6.45, 7) is 0.343. The summed E-state index contributed by atoms with van der Waals surface area (Å²) in [6.07, 6.45) is 3.03. The van der Waals surface area contributed by atoms with Gasteiger partial charge >= 0.3 is 0 Å². The summed E-state index contributed by atoms with van der Waals surface area (Å²) in [5, 5.41) is 5.59. The third-order valence-electron chi connectivity index (χ3n) is 4.10. The van der Waals surface area contributed by atoms with Crippen molar-refractivity contribution in [1.82, 2.24) is 10.3 Å². The highest BCUT2D eigenvalue weighted by Crippen LogP contribution is 2.17. The lowest BCUT2D eigenvalue weighted by molar-refractivity contribution is 0.0949. The quantitative estimate of drug-likeness (QED) is 0.613. The molecule has 1 aromatic heterocycles. The standard InChI is InChI=1S/C21H20N4O3/c1-28-17-4-2-3-16(11-17)20(26)24-12-14-5-7-15(8-6-14)21(27)25-19-9-10-23-13-18(19)22/h2-11,13H,12,22H2,1H3,(H,24,26)(H,23,25,27). The number of rotatable bonds is 6. The van der Waals surface area contributed by atoms with E-state index in [4.69, 9.17) is 10.5 Å². The first-order valence-corrected chi connectivity index (χ1v) is 8.59. The van der Waals surface area contributed by atoms with E-state index in [2.05, 4.69) is 15.6 Å². The van der Waals surface area contributed by atoms with E-state index >= 15 is 0 Å². The Morgan fingerprint density at radius 1 is 1.04 bits per heavy atom. The summed E-state index contributed by atoms with van der Waals surface area (Å²) < 4.78 is 5.12. The number of aromatic nitrogens is 1. The average molecular weight is 376 g/mol. The molecule has 4 N–H and O–H groups in total. The number of nitrogen functional groups attached to an aromatic ring is 1. The summed E-state index contributed by atoms with van der Waals surface area (Å²) in [5.41, 5.74) is 8.56. The fourth-order valence-electron chi connectivity index (χ4n) is 2.54. The molecule has 7 nitrogen and oxygen atoms in total. The molecule has 7 heteroatoms. The first kappa shape index (κ1) is 18.9. The molecule has 0 radical (unpaired) electrons. The number of amides is 2. The number of nitrogens with one attached hydrogen (secondary N) is 2.